The zero-order valence-corrected chi connectivity index (χ0v) is 12.5. The molecular weight excluding hydrogens is 262 g/mol. The summed E-state index contributed by atoms with van der Waals surface area (Å²) < 4.78 is 27.2. The molecule has 0 bridgehead atoms. The van der Waals surface area contributed by atoms with E-state index >= 15 is 0 Å². The third kappa shape index (κ3) is 3.13. The minimum Gasteiger partial charge on any atom is -0.262 e. The van der Waals surface area contributed by atoms with Gasteiger partial charge in [0, 0.05) is 39.1 Å². The molecule has 0 spiro atoms. The molecule has 106 valence electrons. The number of hydrogen-bond acceptors (Lipinski definition) is 3. The first-order valence-electron chi connectivity index (χ1n) is 6.51. The molecule has 1 saturated heterocycles. The van der Waals surface area contributed by atoms with Crippen molar-refractivity contribution in [1.29, 1.82) is 0 Å². The van der Waals surface area contributed by atoms with Crippen LogP contribution in [-0.4, -0.2) is 49.2 Å². The summed E-state index contributed by atoms with van der Waals surface area (Å²) in [5.41, 5.74) is 2.16. The Morgan fingerprint density at radius 3 is 2.79 bits per heavy atom. The maximum absolute atomic E-state index is 12.2. The molecule has 1 atom stereocenters. The van der Waals surface area contributed by atoms with Gasteiger partial charge in [-0.25, -0.2) is 0 Å². The molecule has 2 rings (SSSR count). The molecule has 0 saturated carbocycles. The molecule has 6 heteroatoms. The molecule has 0 aliphatic carbocycles. The Labute approximate surface area is 115 Å². The van der Waals surface area contributed by atoms with Crippen LogP contribution in [-0.2, 0) is 10.2 Å². The van der Waals surface area contributed by atoms with Crippen LogP contribution < -0.4 is 0 Å². The summed E-state index contributed by atoms with van der Waals surface area (Å²) in [5.74, 6) is 0.269. The summed E-state index contributed by atoms with van der Waals surface area (Å²) >= 11 is 0. The third-order valence-corrected chi connectivity index (χ3v) is 5.47. The van der Waals surface area contributed by atoms with E-state index in [0.717, 1.165) is 18.5 Å². The monoisotopic (exact) mass is 283 g/mol. The second kappa shape index (κ2) is 5.56. The number of piperidine rings is 1. The predicted molar refractivity (Wildman–Crippen MR) is 75.1 cm³/mol. The highest BCUT2D eigenvalue weighted by Crippen LogP contribution is 2.28. The summed E-state index contributed by atoms with van der Waals surface area (Å²) in [7, 11) is -0.142. The number of aryl methyl sites for hydroxylation is 1. The first-order valence-corrected chi connectivity index (χ1v) is 7.91. The first kappa shape index (κ1) is 14.4. The second-order valence-electron chi connectivity index (χ2n) is 5.22. The fourth-order valence-electron chi connectivity index (χ4n) is 2.48. The predicted octanol–water partition coefficient (Wildman–Crippen LogP) is 1.38. The van der Waals surface area contributed by atoms with Gasteiger partial charge in [0.1, 0.15) is 0 Å². The van der Waals surface area contributed by atoms with E-state index in [1.54, 1.807) is 24.6 Å². The molecule has 19 heavy (non-hydrogen) atoms. The van der Waals surface area contributed by atoms with Crippen molar-refractivity contribution < 1.29 is 8.42 Å². The van der Waals surface area contributed by atoms with Gasteiger partial charge in [0.05, 0.1) is 0 Å². The molecule has 0 radical (unpaired) electrons. The first-order chi connectivity index (χ1) is 8.91. The Morgan fingerprint density at radius 2 is 2.16 bits per heavy atom. The third-order valence-electron chi connectivity index (χ3n) is 3.56. The molecule has 1 aromatic heterocycles. The maximum atomic E-state index is 12.2. The highest BCUT2D eigenvalue weighted by atomic mass is 32.2. The molecule has 1 aromatic rings. The van der Waals surface area contributed by atoms with E-state index in [2.05, 4.69) is 11.1 Å². The van der Waals surface area contributed by atoms with E-state index in [1.165, 1.54) is 9.87 Å². The maximum Gasteiger partial charge on any atom is 0.281 e. The van der Waals surface area contributed by atoms with E-state index in [9.17, 15) is 8.42 Å². The average molecular weight is 283 g/mol. The quantitative estimate of drug-likeness (QED) is 0.842. The Bertz CT molecular complexity index is 543. The van der Waals surface area contributed by atoms with Gasteiger partial charge in [0.2, 0.25) is 0 Å². The molecular formula is C13H21N3O2S. The standard InChI is InChI=1S/C13H21N3O2S/c1-11-9-12(6-7-14-11)13-5-4-8-16(10-13)19(17,18)15(2)3/h6-7,9,13H,4-5,8,10H2,1-3H3/t13-/m1/s1. The lowest BCUT2D eigenvalue weighted by molar-refractivity contribution is 0.298. The minimum atomic E-state index is -3.30. The zero-order chi connectivity index (χ0) is 14.0. The average Bonchev–Trinajstić information content (AvgIpc) is 2.38. The van der Waals surface area contributed by atoms with Crippen LogP contribution in [0, 0.1) is 6.92 Å². The molecule has 1 aliphatic rings. The van der Waals surface area contributed by atoms with Crippen LogP contribution in [0.3, 0.4) is 0 Å². The number of nitrogens with zero attached hydrogens (tertiary/aromatic N) is 3. The fraction of sp³-hybridized carbons (Fsp3) is 0.615. The number of rotatable bonds is 3. The zero-order valence-electron chi connectivity index (χ0n) is 11.7. The molecule has 1 aliphatic heterocycles. The van der Waals surface area contributed by atoms with Gasteiger partial charge in [-0.2, -0.15) is 17.0 Å². The van der Waals surface area contributed by atoms with Crippen molar-refractivity contribution in [3.8, 4) is 0 Å². The van der Waals surface area contributed by atoms with Crippen LogP contribution in [0.1, 0.15) is 30.0 Å². The Balaban J connectivity index is 2.18. The van der Waals surface area contributed by atoms with E-state index in [-0.39, 0.29) is 5.92 Å². The van der Waals surface area contributed by atoms with Crippen molar-refractivity contribution in [2.45, 2.75) is 25.7 Å². The van der Waals surface area contributed by atoms with Crippen LogP contribution >= 0.6 is 0 Å². The highest BCUT2D eigenvalue weighted by molar-refractivity contribution is 7.86. The van der Waals surface area contributed by atoms with Crippen molar-refractivity contribution >= 4 is 10.2 Å². The van der Waals surface area contributed by atoms with Gasteiger partial charge in [-0.1, -0.05) is 0 Å². The normalized spacial score (nSPS) is 21.8. The molecule has 1 fully saturated rings. The van der Waals surface area contributed by atoms with E-state index in [1.807, 2.05) is 13.0 Å². The van der Waals surface area contributed by atoms with Gasteiger partial charge in [0.25, 0.3) is 10.2 Å². The van der Waals surface area contributed by atoms with Crippen LogP contribution in [0.25, 0.3) is 0 Å². The number of aromatic nitrogens is 1. The van der Waals surface area contributed by atoms with Crippen LogP contribution in [0.4, 0.5) is 0 Å². The van der Waals surface area contributed by atoms with E-state index in [4.69, 9.17) is 0 Å². The lowest BCUT2D eigenvalue weighted by Gasteiger charge is -2.33. The lowest BCUT2D eigenvalue weighted by atomic mass is 9.92. The molecule has 0 amide bonds. The molecule has 0 N–H and O–H groups in total. The summed E-state index contributed by atoms with van der Waals surface area (Å²) in [4.78, 5) is 4.19. The van der Waals surface area contributed by atoms with Crippen LogP contribution in [0.15, 0.2) is 18.3 Å². The van der Waals surface area contributed by atoms with E-state index < -0.39 is 10.2 Å². The topological polar surface area (TPSA) is 53.5 Å². The minimum absolute atomic E-state index is 0.269. The Hall–Kier alpha value is -0.980. The summed E-state index contributed by atoms with van der Waals surface area (Å²) in [6.07, 6.45) is 3.73. The van der Waals surface area contributed by atoms with Gasteiger partial charge >= 0.3 is 0 Å². The largest absolute Gasteiger partial charge is 0.281 e. The van der Waals surface area contributed by atoms with Crippen molar-refractivity contribution in [1.82, 2.24) is 13.6 Å². The van der Waals surface area contributed by atoms with Gasteiger partial charge in [-0.3, -0.25) is 4.98 Å². The van der Waals surface area contributed by atoms with Crippen molar-refractivity contribution in [3.63, 3.8) is 0 Å². The summed E-state index contributed by atoms with van der Waals surface area (Å²) in [6, 6.07) is 4.04. The summed E-state index contributed by atoms with van der Waals surface area (Å²) in [6.45, 7) is 3.13. The van der Waals surface area contributed by atoms with Crippen LogP contribution in [0.2, 0.25) is 0 Å². The SMILES string of the molecule is Cc1cc([C@@H]2CCCN(S(=O)(=O)N(C)C)C2)ccn1. The Kier molecular flexibility index (Phi) is 4.23. The van der Waals surface area contributed by atoms with Gasteiger partial charge < -0.3 is 0 Å². The van der Waals surface area contributed by atoms with Gasteiger partial charge in [0.15, 0.2) is 0 Å². The highest BCUT2D eigenvalue weighted by Gasteiger charge is 2.30. The number of pyridine rings is 1. The van der Waals surface area contributed by atoms with Crippen molar-refractivity contribution in [2.75, 3.05) is 27.2 Å². The van der Waals surface area contributed by atoms with Gasteiger partial charge in [-0.05, 0) is 43.4 Å². The van der Waals surface area contributed by atoms with E-state index in [0.29, 0.717) is 13.1 Å². The lowest BCUT2D eigenvalue weighted by Crippen LogP contribution is -2.44. The smallest absolute Gasteiger partial charge is 0.262 e. The molecule has 0 aromatic carbocycles. The Morgan fingerprint density at radius 1 is 1.42 bits per heavy atom. The second-order valence-corrected chi connectivity index (χ2v) is 7.36. The van der Waals surface area contributed by atoms with Crippen molar-refractivity contribution in [3.05, 3.63) is 29.6 Å². The van der Waals surface area contributed by atoms with Crippen LogP contribution in [0.5, 0.6) is 0 Å². The van der Waals surface area contributed by atoms with Crippen molar-refractivity contribution in [2.24, 2.45) is 0 Å². The molecule has 0 unspecified atom stereocenters. The summed E-state index contributed by atoms with van der Waals surface area (Å²) in [5, 5.41) is 0. The molecule has 5 nitrogen and oxygen atoms in total. The van der Waals surface area contributed by atoms with Gasteiger partial charge in [-0.15, -0.1) is 0 Å². The number of hydrogen-bond donors (Lipinski definition) is 0. The molecule has 2 heterocycles. The fourth-order valence-corrected chi connectivity index (χ4v) is 3.67.